The maximum Gasteiger partial charge on any atom is 0.0399 e. The van der Waals surface area contributed by atoms with E-state index >= 15 is 0 Å². The van der Waals surface area contributed by atoms with Gasteiger partial charge in [0.05, 0.1) is 0 Å². The Hall–Kier alpha value is -0.630. The summed E-state index contributed by atoms with van der Waals surface area (Å²) in [7, 11) is 0. The average Bonchev–Trinajstić information content (AvgIpc) is 2.83. The molecule has 1 aliphatic heterocycles. The molecule has 0 spiro atoms. The molecule has 0 radical (unpaired) electrons. The van der Waals surface area contributed by atoms with Crippen LogP contribution < -0.4 is 4.90 Å². The Morgan fingerprint density at radius 3 is 2.47 bits per heavy atom. The van der Waals surface area contributed by atoms with E-state index in [1.165, 1.54) is 56.4 Å². The highest BCUT2D eigenvalue weighted by Gasteiger charge is 2.31. The smallest absolute Gasteiger partial charge is 0.0399 e. The van der Waals surface area contributed by atoms with Crippen LogP contribution in [0.3, 0.4) is 0 Å². The lowest BCUT2D eigenvalue weighted by atomic mass is 9.80. The largest absolute Gasteiger partial charge is 0.370 e. The number of anilines is 1. The van der Waals surface area contributed by atoms with Crippen molar-refractivity contribution in [3.63, 3.8) is 0 Å². The molecule has 0 atom stereocenters. The SMILES string of the molecule is CCCC(CS)(CCC)CN1CCc2ccccc21. The Bertz CT molecular complexity index is 396. The van der Waals surface area contributed by atoms with Crippen LogP contribution in [0.15, 0.2) is 24.3 Å². The van der Waals surface area contributed by atoms with E-state index in [4.69, 9.17) is 0 Å². The van der Waals surface area contributed by atoms with Gasteiger partial charge in [-0.25, -0.2) is 0 Å². The maximum absolute atomic E-state index is 4.69. The van der Waals surface area contributed by atoms with Crippen LogP contribution in [0, 0.1) is 5.41 Å². The van der Waals surface area contributed by atoms with Crippen molar-refractivity contribution in [1.29, 1.82) is 0 Å². The fourth-order valence-electron chi connectivity index (χ4n) is 3.53. The Balaban J connectivity index is 2.14. The van der Waals surface area contributed by atoms with Gasteiger partial charge in [-0.2, -0.15) is 12.6 Å². The van der Waals surface area contributed by atoms with E-state index in [2.05, 4.69) is 55.6 Å². The van der Waals surface area contributed by atoms with E-state index in [0.717, 1.165) is 5.75 Å². The summed E-state index contributed by atoms with van der Waals surface area (Å²) < 4.78 is 0. The highest BCUT2D eigenvalue weighted by Crippen LogP contribution is 2.36. The van der Waals surface area contributed by atoms with E-state index in [-0.39, 0.29) is 0 Å². The third-order valence-electron chi connectivity index (χ3n) is 4.41. The topological polar surface area (TPSA) is 3.24 Å². The van der Waals surface area contributed by atoms with E-state index in [1.54, 1.807) is 0 Å². The monoisotopic (exact) mass is 277 g/mol. The van der Waals surface area contributed by atoms with Crippen LogP contribution in [0.2, 0.25) is 0 Å². The molecule has 0 bridgehead atoms. The van der Waals surface area contributed by atoms with Gasteiger partial charge in [-0.3, -0.25) is 0 Å². The highest BCUT2D eigenvalue weighted by molar-refractivity contribution is 7.80. The molecule has 0 aromatic heterocycles. The summed E-state index contributed by atoms with van der Waals surface area (Å²) in [4.78, 5) is 2.59. The third-order valence-corrected chi connectivity index (χ3v) is 5.08. The second-order valence-corrected chi connectivity index (χ2v) is 6.27. The molecule has 0 saturated carbocycles. The summed E-state index contributed by atoms with van der Waals surface area (Å²) in [6.07, 6.45) is 6.31. The van der Waals surface area contributed by atoms with Gasteiger partial charge in [0.15, 0.2) is 0 Å². The zero-order valence-electron chi connectivity index (χ0n) is 12.4. The van der Waals surface area contributed by atoms with Crippen molar-refractivity contribution in [1.82, 2.24) is 0 Å². The number of thiol groups is 1. The van der Waals surface area contributed by atoms with Crippen LogP contribution in [0.5, 0.6) is 0 Å². The number of benzene rings is 1. The molecule has 2 rings (SSSR count). The van der Waals surface area contributed by atoms with Gasteiger partial charge in [-0.15, -0.1) is 0 Å². The molecular weight excluding hydrogens is 250 g/mol. The van der Waals surface area contributed by atoms with Gasteiger partial charge < -0.3 is 4.90 Å². The summed E-state index contributed by atoms with van der Waals surface area (Å²) in [5, 5.41) is 0. The van der Waals surface area contributed by atoms with Crippen molar-refractivity contribution in [3.05, 3.63) is 29.8 Å². The van der Waals surface area contributed by atoms with Gasteiger partial charge in [-0.05, 0) is 42.1 Å². The quantitative estimate of drug-likeness (QED) is 0.715. The fourth-order valence-corrected chi connectivity index (χ4v) is 3.94. The lowest BCUT2D eigenvalue weighted by molar-refractivity contribution is 0.279. The number of rotatable bonds is 7. The predicted molar refractivity (Wildman–Crippen MR) is 88.5 cm³/mol. The molecule has 0 amide bonds. The van der Waals surface area contributed by atoms with Gasteiger partial charge in [0, 0.05) is 18.8 Å². The number of fused-ring (bicyclic) bond motifs is 1. The van der Waals surface area contributed by atoms with Crippen LogP contribution in [0.25, 0.3) is 0 Å². The van der Waals surface area contributed by atoms with Crippen LogP contribution in [0.1, 0.15) is 45.1 Å². The molecule has 106 valence electrons. The lowest BCUT2D eigenvalue weighted by Crippen LogP contribution is -2.38. The van der Waals surface area contributed by atoms with Gasteiger partial charge in [0.2, 0.25) is 0 Å². The maximum atomic E-state index is 4.69. The predicted octanol–water partition coefficient (Wildman–Crippen LogP) is 4.57. The lowest BCUT2D eigenvalue weighted by Gasteiger charge is -2.37. The number of hydrogen-bond acceptors (Lipinski definition) is 2. The molecule has 19 heavy (non-hydrogen) atoms. The minimum atomic E-state index is 0.393. The van der Waals surface area contributed by atoms with Crippen molar-refractivity contribution in [2.75, 3.05) is 23.7 Å². The van der Waals surface area contributed by atoms with Crippen molar-refractivity contribution < 1.29 is 0 Å². The first-order valence-corrected chi connectivity index (χ1v) is 8.31. The summed E-state index contributed by atoms with van der Waals surface area (Å²) in [6, 6.07) is 8.88. The van der Waals surface area contributed by atoms with E-state index in [9.17, 15) is 0 Å². The van der Waals surface area contributed by atoms with Gasteiger partial charge in [0.1, 0.15) is 0 Å². The first kappa shape index (κ1) is 14.8. The summed E-state index contributed by atoms with van der Waals surface area (Å²) in [5.74, 6) is 1.01. The Kier molecular flexibility index (Phi) is 5.20. The molecule has 0 saturated heterocycles. The second kappa shape index (κ2) is 6.69. The van der Waals surface area contributed by atoms with Crippen molar-refractivity contribution in [2.45, 2.75) is 46.0 Å². The van der Waals surface area contributed by atoms with Crippen molar-refractivity contribution in [3.8, 4) is 0 Å². The van der Waals surface area contributed by atoms with Crippen molar-refractivity contribution >= 4 is 18.3 Å². The Labute approximate surface area is 123 Å². The number of nitrogens with zero attached hydrogens (tertiary/aromatic N) is 1. The molecule has 2 heteroatoms. The minimum Gasteiger partial charge on any atom is -0.370 e. The normalized spacial score (nSPS) is 14.8. The minimum absolute atomic E-state index is 0.393. The molecule has 0 unspecified atom stereocenters. The molecule has 1 aliphatic rings. The van der Waals surface area contributed by atoms with Crippen LogP contribution in [-0.4, -0.2) is 18.8 Å². The number of para-hydroxylation sites is 1. The molecule has 0 fully saturated rings. The fraction of sp³-hybridized carbons (Fsp3) is 0.647. The van der Waals surface area contributed by atoms with E-state index in [0.29, 0.717) is 5.41 Å². The van der Waals surface area contributed by atoms with Gasteiger partial charge in [-0.1, -0.05) is 44.9 Å². The molecule has 0 N–H and O–H groups in total. The van der Waals surface area contributed by atoms with Gasteiger partial charge >= 0.3 is 0 Å². The van der Waals surface area contributed by atoms with E-state index < -0.39 is 0 Å². The molecule has 1 nitrogen and oxygen atoms in total. The summed E-state index contributed by atoms with van der Waals surface area (Å²) in [6.45, 7) is 6.95. The van der Waals surface area contributed by atoms with E-state index in [1.807, 2.05) is 0 Å². The first-order valence-electron chi connectivity index (χ1n) is 7.68. The summed E-state index contributed by atoms with van der Waals surface area (Å²) in [5.41, 5.74) is 3.37. The Morgan fingerprint density at radius 1 is 1.16 bits per heavy atom. The zero-order chi connectivity index (χ0) is 13.7. The second-order valence-electron chi connectivity index (χ2n) is 5.96. The molecule has 1 aromatic carbocycles. The number of hydrogen-bond donors (Lipinski definition) is 1. The first-order chi connectivity index (χ1) is 9.24. The van der Waals surface area contributed by atoms with Crippen LogP contribution in [-0.2, 0) is 6.42 Å². The molecule has 0 aliphatic carbocycles. The summed E-state index contributed by atoms with van der Waals surface area (Å²) >= 11 is 4.69. The van der Waals surface area contributed by atoms with Crippen LogP contribution >= 0.6 is 12.6 Å². The average molecular weight is 277 g/mol. The third kappa shape index (κ3) is 3.28. The zero-order valence-corrected chi connectivity index (χ0v) is 13.3. The van der Waals surface area contributed by atoms with Gasteiger partial charge in [0.25, 0.3) is 0 Å². The highest BCUT2D eigenvalue weighted by atomic mass is 32.1. The Morgan fingerprint density at radius 2 is 1.84 bits per heavy atom. The molecule has 1 heterocycles. The molecular formula is C17H27NS. The van der Waals surface area contributed by atoms with Crippen molar-refractivity contribution in [2.24, 2.45) is 5.41 Å². The molecule has 1 aromatic rings. The standard InChI is InChI=1S/C17H27NS/c1-3-10-17(14-19,11-4-2)13-18-12-9-15-7-5-6-8-16(15)18/h5-8,19H,3-4,9-14H2,1-2H3. The van der Waals surface area contributed by atoms with Crippen LogP contribution in [0.4, 0.5) is 5.69 Å².